The van der Waals surface area contributed by atoms with Gasteiger partial charge in [-0.05, 0) is 12.8 Å². The molecule has 9 heteroatoms. The molecule has 0 aromatic rings. The molecule has 2 aliphatic heterocycles. The van der Waals surface area contributed by atoms with Gasteiger partial charge in [0.2, 0.25) is 11.8 Å². The molecule has 21 heavy (non-hydrogen) atoms. The molecular weight excluding hydrogens is 280 g/mol. The second-order valence-corrected chi connectivity index (χ2v) is 5.03. The summed E-state index contributed by atoms with van der Waals surface area (Å²) in [6, 6.07) is -2.28. The highest BCUT2D eigenvalue weighted by atomic mass is 16.4. The normalized spacial score (nSPS) is 25.8. The van der Waals surface area contributed by atoms with Crippen LogP contribution in [-0.2, 0) is 14.4 Å². The fraction of sp³-hybridized carbons (Fsp3) is 0.667. The van der Waals surface area contributed by atoms with Gasteiger partial charge in [0.25, 0.3) is 0 Å². The van der Waals surface area contributed by atoms with Crippen LogP contribution in [0.4, 0.5) is 4.79 Å². The molecule has 0 aliphatic carbocycles. The molecule has 2 aliphatic rings. The number of carbonyl (C=O) groups excluding carboxylic acids is 3. The molecule has 4 N–H and O–H groups in total. The number of carboxylic acids is 1. The number of rotatable bonds is 3. The molecule has 2 atom stereocenters. The minimum absolute atomic E-state index is 0.212. The van der Waals surface area contributed by atoms with Crippen LogP contribution in [0, 0.1) is 0 Å². The molecule has 4 amide bonds. The van der Waals surface area contributed by atoms with Crippen molar-refractivity contribution < 1.29 is 24.3 Å². The highest BCUT2D eigenvalue weighted by Gasteiger charge is 2.36. The number of nitrogens with one attached hydrogen (secondary N) is 3. The number of carboxylic acid groups (broad SMARTS) is 1. The van der Waals surface area contributed by atoms with Crippen molar-refractivity contribution in [1.29, 1.82) is 0 Å². The lowest BCUT2D eigenvalue weighted by Crippen LogP contribution is -2.62. The zero-order valence-corrected chi connectivity index (χ0v) is 11.4. The van der Waals surface area contributed by atoms with Crippen LogP contribution in [0.5, 0.6) is 0 Å². The Morgan fingerprint density at radius 1 is 1.24 bits per heavy atom. The fourth-order valence-corrected chi connectivity index (χ4v) is 2.47. The average molecular weight is 298 g/mol. The van der Waals surface area contributed by atoms with Gasteiger partial charge in [0, 0.05) is 19.6 Å². The maximum absolute atomic E-state index is 12.2. The molecule has 0 bridgehead atoms. The Morgan fingerprint density at radius 3 is 2.62 bits per heavy atom. The van der Waals surface area contributed by atoms with Gasteiger partial charge in [-0.25, -0.2) is 4.79 Å². The molecule has 0 spiro atoms. The van der Waals surface area contributed by atoms with E-state index in [1.54, 1.807) is 0 Å². The van der Waals surface area contributed by atoms with Crippen LogP contribution in [-0.4, -0.2) is 65.5 Å². The summed E-state index contributed by atoms with van der Waals surface area (Å²) in [6.45, 7) is 1.06. The average Bonchev–Trinajstić information content (AvgIpc) is 2.43. The van der Waals surface area contributed by atoms with Gasteiger partial charge in [-0.3, -0.25) is 14.4 Å². The van der Waals surface area contributed by atoms with Gasteiger partial charge in [-0.2, -0.15) is 0 Å². The van der Waals surface area contributed by atoms with E-state index >= 15 is 0 Å². The fourth-order valence-electron chi connectivity index (χ4n) is 2.47. The predicted molar refractivity (Wildman–Crippen MR) is 70.3 cm³/mol. The van der Waals surface area contributed by atoms with Gasteiger partial charge >= 0.3 is 12.0 Å². The second-order valence-electron chi connectivity index (χ2n) is 5.03. The Morgan fingerprint density at radius 2 is 1.95 bits per heavy atom. The molecule has 116 valence electrons. The van der Waals surface area contributed by atoms with Crippen LogP contribution in [0.1, 0.15) is 19.3 Å². The van der Waals surface area contributed by atoms with Gasteiger partial charge in [0.15, 0.2) is 0 Å². The van der Waals surface area contributed by atoms with E-state index in [1.165, 1.54) is 4.90 Å². The molecule has 0 radical (unpaired) electrons. The molecule has 0 saturated carbocycles. The summed E-state index contributed by atoms with van der Waals surface area (Å²) in [6.07, 6.45) is 0.826. The van der Waals surface area contributed by atoms with Crippen molar-refractivity contribution >= 4 is 23.8 Å². The van der Waals surface area contributed by atoms with Crippen molar-refractivity contribution in [3.8, 4) is 0 Å². The summed E-state index contributed by atoms with van der Waals surface area (Å²) in [5, 5.41) is 16.6. The molecule has 0 aromatic carbocycles. The number of amides is 4. The number of hydrogen-bond donors (Lipinski definition) is 4. The summed E-state index contributed by atoms with van der Waals surface area (Å²) in [7, 11) is 0. The van der Waals surface area contributed by atoms with Crippen molar-refractivity contribution in [3.05, 3.63) is 0 Å². The SMILES string of the molecule is O=C(O)CC1C(=O)NCCN1C(=O)NC1CCCNC1=O. The predicted octanol–water partition coefficient (Wildman–Crippen LogP) is -1.75. The number of nitrogens with zero attached hydrogens (tertiary/aromatic N) is 1. The third-order valence-electron chi connectivity index (χ3n) is 3.54. The molecule has 2 fully saturated rings. The maximum atomic E-state index is 12.2. The number of urea groups is 1. The third-order valence-corrected chi connectivity index (χ3v) is 3.54. The first-order chi connectivity index (χ1) is 9.99. The first-order valence-corrected chi connectivity index (χ1v) is 6.83. The van der Waals surface area contributed by atoms with E-state index in [1.807, 2.05) is 0 Å². The third kappa shape index (κ3) is 3.61. The summed E-state index contributed by atoms with van der Waals surface area (Å²) < 4.78 is 0. The van der Waals surface area contributed by atoms with E-state index in [0.717, 1.165) is 6.42 Å². The molecule has 0 aromatic heterocycles. The van der Waals surface area contributed by atoms with Crippen LogP contribution < -0.4 is 16.0 Å². The van der Waals surface area contributed by atoms with Crippen LogP contribution in [0.15, 0.2) is 0 Å². The number of aliphatic carboxylic acids is 1. The topological polar surface area (TPSA) is 128 Å². The summed E-state index contributed by atoms with van der Waals surface area (Å²) >= 11 is 0. The van der Waals surface area contributed by atoms with E-state index in [-0.39, 0.29) is 19.0 Å². The van der Waals surface area contributed by atoms with Gasteiger partial charge < -0.3 is 26.0 Å². The Labute approximate surface area is 121 Å². The first-order valence-electron chi connectivity index (χ1n) is 6.83. The number of carbonyl (C=O) groups is 4. The minimum Gasteiger partial charge on any atom is -0.481 e. The molecule has 2 unspecified atom stereocenters. The van der Waals surface area contributed by atoms with Crippen LogP contribution in [0.25, 0.3) is 0 Å². The Bertz CT molecular complexity index is 467. The highest BCUT2D eigenvalue weighted by molar-refractivity contribution is 5.93. The van der Waals surface area contributed by atoms with E-state index in [2.05, 4.69) is 16.0 Å². The lowest BCUT2D eigenvalue weighted by atomic mass is 10.1. The van der Waals surface area contributed by atoms with Crippen molar-refractivity contribution in [3.63, 3.8) is 0 Å². The van der Waals surface area contributed by atoms with Gasteiger partial charge in [0.05, 0.1) is 6.42 Å². The zero-order chi connectivity index (χ0) is 15.4. The smallest absolute Gasteiger partial charge is 0.318 e. The lowest BCUT2D eigenvalue weighted by Gasteiger charge is -2.35. The molecule has 2 heterocycles. The molecule has 9 nitrogen and oxygen atoms in total. The van der Waals surface area contributed by atoms with Crippen molar-refractivity contribution in [2.75, 3.05) is 19.6 Å². The van der Waals surface area contributed by atoms with Crippen molar-refractivity contribution in [1.82, 2.24) is 20.9 Å². The molecular formula is C12H18N4O5. The van der Waals surface area contributed by atoms with Gasteiger partial charge in [-0.15, -0.1) is 0 Å². The quantitative estimate of drug-likeness (QED) is 0.491. The second kappa shape index (κ2) is 6.42. The summed E-state index contributed by atoms with van der Waals surface area (Å²) in [4.78, 5) is 47.6. The van der Waals surface area contributed by atoms with Crippen LogP contribution in [0.3, 0.4) is 0 Å². The van der Waals surface area contributed by atoms with Gasteiger partial charge in [0.1, 0.15) is 12.1 Å². The summed E-state index contributed by atoms with van der Waals surface area (Å²) in [5.74, 6) is -1.91. The standard InChI is InChI=1S/C12H18N4O5/c17-9(18)6-8-11(20)14-4-5-16(8)12(21)15-7-2-1-3-13-10(7)19/h7-8H,1-6H2,(H,13,19)(H,14,20)(H,15,21)(H,17,18). The Kier molecular flexibility index (Phi) is 4.61. The minimum atomic E-state index is -1.16. The van der Waals surface area contributed by atoms with Crippen molar-refractivity contribution in [2.45, 2.75) is 31.3 Å². The van der Waals surface area contributed by atoms with E-state index in [9.17, 15) is 19.2 Å². The number of hydrogen-bond acceptors (Lipinski definition) is 4. The zero-order valence-electron chi connectivity index (χ0n) is 11.4. The van der Waals surface area contributed by atoms with Crippen molar-refractivity contribution in [2.24, 2.45) is 0 Å². The van der Waals surface area contributed by atoms with Gasteiger partial charge in [-0.1, -0.05) is 0 Å². The van der Waals surface area contributed by atoms with E-state index < -0.39 is 36.4 Å². The molecule has 2 saturated heterocycles. The number of piperazine rings is 1. The monoisotopic (exact) mass is 298 g/mol. The first kappa shape index (κ1) is 15.1. The molecule has 2 rings (SSSR count). The maximum Gasteiger partial charge on any atom is 0.318 e. The lowest BCUT2D eigenvalue weighted by molar-refractivity contribution is -0.142. The summed E-state index contributed by atoms with van der Waals surface area (Å²) in [5.41, 5.74) is 0. The largest absolute Gasteiger partial charge is 0.481 e. The van der Waals surface area contributed by atoms with Crippen LogP contribution >= 0.6 is 0 Å². The van der Waals surface area contributed by atoms with E-state index in [0.29, 0.717) is 13.0 Å². The highest BCUT2D eigenvalue weighted by Crippen LogP contribution is 2.11. The van der Waals surface area contributed by atoms with E-state index in [4.69, 9.17) is 5.11 Å². The Balaban J connectivity index is 2.02. The Hall–Kier alpha value is -2.32. The van der Waals surface area contributed by atoms with Crippen LogP contribution in [0.2, 0.25) is 0 Å². The number of piperidine rings is 1.